The van der Waals surface area contributed by atoms with E-state index in [0.29, 0.717) is 56.3 Å². The summed E-state index contributed by atoms with van der Waals surface area (Å²) in [6, 6.07) is 0.715. The second kappa shape index (κ2) is 6.89. The topological polar surface area (TPSA) is 64.7 Å². The number of halogens is 1. The number of piperazine rings is 1. The average molecular weight is 421 g/mol. The summed E-state index contributed by atoms with van der Waals surface area (Å²) in [4.78, 5) is 29.7. The Bertz CT molecular complexity index is 709. The fraction of sp³-hybridized carbons (Fsp3) is 0.913. The molecule has 0 aromatic heterocycles. The molecule has 4 saturated carbocycles. The van der Waals surface area contributed by atoms with Crippen molar-refractivity contribution in [3.8, 4) is 0 Å². The number of carbonyl (C=O) groups excluding carboxylic acids is 2. The van der Waals surface area contributed by atoms with Crippen LogP contribution in [0.5, 0.6) is 0 Å². The molecule has 7 fully saturated rings. The fourth-order valence-corrected chi connectivity index (χ4v) is 7.62. The van der Waals surface area contributed by atoms with Gasteiger partial charge in [0, 0.05) is 42.7 Å². The first kappa shape index (κ1) is 20.7. The van der Waals surface area contributed by atoms with E-state index >= 15 is 4.39 Å². The smallest absolute Gasteiger partial charge is 0.234 e. The molecule has 3 saturated heterocycles. The molecular formula is C23H37FN4O2. The third-order valence-corrected chi connectivity index (χ3v) is 8.02. The number of nitrogens with zero attached hydrogens (tertiary/aromatic N) is 2. The van der Waals surface area contributed by atoms with Gasteiger partial charge in [0.1, 0.15) is 5.67 Å². The molecule has 7 rings (SSSR count). The summed E-state index contributed by atoms with van der Waals surface area (Å²) in [5.74, 6) is 1.03. The molecule has 6 nitrogen and oxygen atoms in total. The first-order valence-corrected chi connectivity index (χ1v) is 11.8. The van der Waals surface area contributed by atoms with Crippen molar-refractivity contribution in [2.75, 3.05) is 26.2 Å². The highest BCUT2D eigenvalue weighted by Crippen LogP contribution is 2.59. The monoisotopic (exact) mass is 420 g/mol. The number of fused-ring (bicyclic) bond motifs is 2. The third-order valence-electron chi connectivity index (χ3n) is 8.02. The van der Waals surface area contributed by atoms with E-state index in [-0.39, 0.29) is 22.9 Å². The van der Waals surface area contributed by atoms with Gasteiger partial charge in [0.2, 0.25) is 11.8 Å². The zero-order valence-corrected chi connectivity index (χ0v) is 18.7. The number of amides is 2. The Hall–Kier alpha value is -1.21. The number of piperidine rings is 1. The fourth-order valence-electron chi connectivity index (χ4n) is 7.62. The molecule has 3 heterocycles. The predicted molar refractivity (Wildman–Crippen MR) is 113 cm³/mol. The first-order valence-electron chi connectivity index (χ1n) is 11.8. The number of carbonyl (C=O) groups is 2. The second-order valence-electron chi connectivity index (χ2n) is 12.1. The molecule has 3 aliphatic heterocycles. The lowest BCUT2D eigenvalue weighted by molar-refractivity contribution is -0.140. The van der Waals surface area contributed by atoms with Crippen LogP contribution in [0.15, 0.2) is 0 Å². The number of hydrogen-bond acceptors (Lipinski definition) is 4. The van der Waals surface area contributed by atoms with Crippen molar-refractivity contribution in [3.05, 3.63) is 0 Å². The SMILES string of the molecule is CC(C)(C)NC(=O)CN1C2CC1CN(CC(=O)NC13CC4CC(CC(F)(C4)C1)C3)C2. The second-order valence-corrected chi connectivity index (χ2v) is 12.1. The van der Waals surface area contributed by atoms with E-state index in [2.05, 4.69) is 20.4 Å². The quantitative estimate of drug-likeness (QED) is 0.712. The van der Waals surface area contributed by atoms with Gasteiger partial charge in [-0.1, -0.05) is 0 Å². The Balaban J connectivity index is 1.12. The molecule has 2 N–H and O–H groups in total. The minimum atomic E-state index is -1.04. The molecule has 4 unspecified atom stereocenters. The Morgan fingerprint density at radius 3 is 2.17 bits per heavy atom. The summed E-state index contributed by atoms with van der Waals surface area (Å²) in [5, 5.41) is 6.33. The normalized spacial score (nSPS) is 42.7. The van der Waals surface area contributed by atoms with Crippen LogP contribution < -0.4 is 10.6 Å². The molecular weight excluding hydrogens is 383 g/mol. The highest BCUT2D eigenvalue weighted by Gasteiger charge is 2.59. The van der Waals surface area contributed by atoms with Crippen molar-refractivity contribution >= 4 is 11.8 Å². The zero-order valence-electron chi connectivity index (χ0n) is 18.7. The maximum absolute atomic E-state index is 15.1. The highest BCUT2D eigenvalue weighted by atomic mass is 19.1. The Morgan fingerprint density at radius 1 is 0.967 bits per heavy atom. The molecule has 7 aliphatic rings. The van der Waals surface area contributed by atoms with Crippen LogP contribution in [0.3, 0.4) is 0 Å². The van der Waals surface area contributed by atoms with Gasteiger partial charge < -0.3 is 10.6 Å². The largest absolute Gasteiger partial charge is 0.350 e. The van der Waals surface area contributed by atoms with Crippen LogP contribution in [-0.4, -0.2) is 76.6 Å². The summed E-state index contributed by atoms with van der Waals surface area (Å²) in [6.45, 7) is 8.49. The van der Waals surface area contributed by atoms with Crippen molar-refractivity contribution in [1.82, 2.24) is 20.4 Å². The standard InChI is InChI=1S/C23H37FN4O2/c1-21(2,3)25-20(30)13-28-17-5-18(28)11-27(10-17)12-19(29)26-23-8-15-4-16(9-23)7-22(24,6-15)14-23/h15-18H,4-14H2,1-3H3,(H,25,30)(H,26,29). The van der Waals surface area contributed by atoms with Gasteiger partial charge in [-0.2, -0.15) is 0 Å². The molecule has 7 heteroatoms. The Kier molecular flexibility index (Phi) is 4.75. The van der Waals surface area contributed by atoms with E-state index in [0.717, 1.165) is 38.8 Å². The van der Waals surface area contributed by atoms with Crippen LogP contribution in [0.4, 0.5) is 4.39 Å². The van der Waals surface area contributed by atoms with Crippen molar-refractivity contribution in [3.63, 3.8) is 0 Å². The molecule has 30 heavy (non-hydrogen) atoms. The maximum atomic E-state index is 15.1. The maximum Gasteiger partial charge on any atom is 0.234 e. The minimum absolute atomic E-state index is 0.0545. The summed E-state index contributed by atoms with van der Waals surface area (Å²) in [6.07, 6.45) is 6.10. The highest BCUT2D eigenvalue weighted by molar-refractivity contribution is 5.79. The third kappa shape index (κ3) is 3.99. The van der Waals surface area contributed by atoms with Gasteiger partial charge in [-0.15, -0.1) is 0 Å². The van der Waals surface area contributed by atoms with Gasteiger partial charge in [-0.05, 0) is 71.1 Å². The molecule has 168 valence electrons. The molecule has 2 amide bonds. The molecule has 4 aliphatic carbocycles. The van der Waals surface area contributed by atoms with Gasteiger partial charge in [-0.3, -0.25) is 19.4 Å². The van der Waals surface area contributed by atoms with Gasteiger partial charge >= 0.3 is 0 Å². The molecule has 0 spiro atoms. The predicted octanol–water partition coefficient (Wildman–Crippen LogP) is 1.84. The van der Waals surface area contributed by atoms with E-state index in [1.54, 1.807) is 0 Å². The Morgan fingerprint density at radius 2 is 1.60 bits per heavy atom. The lowest BCUT2D eigenvalue weighted by Crippen LogP contribution is -2.71. The van der Waals surface area contributed by atoms with Gasteiger partial charge in [0.05, 0.1) is 13.1 Å². The van der Waals surface area contributed by atoms with Crippen molar-refractivity contribution in [1.29, 1.82) is 0 Å². The van der Waals surface area contributed by atoms with E-state index < -0.39 is 5.67 Å². The lowest BCUT2D eigenvalue weighted by Gasteiger charge is -2.59. The lowest BCUT2D eigenvalue weighted by atomic mass is 9.51. The van der Waals surface area contributed by atoms with Crippen LogP contribution in [-0.2, 0) is 9.59 Å². The van der Waals surface area contributed by atoms with Crippen molar-refractivity contribution in [2.45, 2.75) is 94.5 Å². The van der Waals surface area contributed by atoms with Crippen LogP contribution >= 0.6 is 0 Å². The van der Waals surface area contributed by atoms with E-state index in [4.69, 9.17) is 0 Å². The number of rotatable bonds is 5. The van der Waals surface area contributed by atoms with E-state index in [9.17, 15) is 9.59 Å². The first-order chi connectivity index (χ1) is 14.0. The summed E-state index contributed by atoms with van der Waals surface area (Å²) in [5.41, 5.74) is -1.55. The number of hydrogen-bond donors (Lipinski definition) is 2. The minimum Gasteiger partial charge on any atom is -0.350 e. The summed E-state index contributed by atoms with van der Waals surface area (Å²) < 4.78 is 15.1. The van der Waals surface area contributed by atoms with Crippen LogP contribution in [0, 0.1) is 11.8 Å². The van der Waals surface area contributed by atoms with Crippen molar-refractivity contribution in [2.24, 2.45) is 11.8 Å². The summed E-state index contributed by atoms with van der Waals surface area (Å²) in [7, 11) is 0. The van der Waals surface area contributed by atoms with Gasteiger partial charge in [0.25, 0.3) is 0 Å². The zero-order chi connectivity index (χ0) is 21.3. The van der Waals surface area contributed by atoms with Gasteiger partial charge in [-0.25, -0.2) is 4.39 Å². The van der Waals surface area contributed by atoms with Crippen LogP contribution in [0.25, 0.3) is 0 Å². The molecule has 0 aromatic rings. The molecule has 6 bridgehead atoms. The molecule has 0 radical (unpaired) electrons. The van der Waals surface area contributed by atoms with Crippen LogP contribution in [0.1, 0.15) is 65.7 Å². The molecule has 4 atom stereocenters. The molecule has 0 aromatic carbocycles. The van der Waals surface area contributed by atoms with E-state index in [1.165, 1.54) is 0 Å². The Labute approximate surface area is 179 Å². The average Bonchev–Trinajstić information content (AvgIpc) is 2.55. The van der Waals surface area contributed by atoms with Crippen molar-refractivity contribution < 1.29 is 14.0 Å². The summed E-state index contributed by atoms with van der Waals surface area (Å²) >= 11 is 0. The number of alkyl halides is 1. The van der Waals surface area contributed by atoms with Gasteiger partial charge in [0.15, 0.2) is 0 Å². The van der Waals surface area contributed by atoms with Crippen LogP contribution in [0.2, 0.25) is 0 Å². The number of nitrogens with one attached hydrogen (secondary N) is 2. The van der Waals surface area contributed by atoms with E-state index in [1.807, 2.05) is 20.8 Å².